The summed E-state index contributed by atoms with van der Waals surface area (Å²) in [5, 5.41) is 0. The lowest BCUT2D eigenvalue weighted by Crippen LogP contribution is -2.30. The smallest absolute Gasteiger partial charge is 0.165 e. The highest BCUT2D eigenvalue weighted by Gasteiger charge is 2.40. The van der Waals surface area contributed by atoms with Crippen molar-refractivity contribution in [1.82, 2.24) is 4.90 Å². The summed E-state index contributed by atoms with van der Waals surface area (Å²) < 4.78 is 18.4. The van der Waals surface area contributed by atoms with Crippen molar-refractivity contribution in [2.45, 2.75) is 25.4 Å². The van der Waals surface area contributed by atoms with Crippen LogP contribution in [-0.4, -0.2) is 31.1 Å². The molecule has 0 unspecified atom stereocenters. The van der Waals surface area contributed by atoms with Crippen LogP contribution in [0.5, 0.6) is 5.75 Å². The molecule has 0 spiro atoms. The average molecular weight is 264 g/mol. The largest absolute Gasteiger partial charge is 0.494 e. The van der Waals surface area contributed by atoms with Gasteiger partial charge in [0.05, 0.1) is 7.11 Å². The van der Waals surface area contributed by atoms with Crippen molar-refractivity contribution >= 4 is 0 Å². The van der Waals surface area contributed by atoms with E-state index in [9.17, 15) is 4.39 Å². The minimum Gasteiger partial charge on any atom is -0.494 e. The van der Waals surface area contributed by atoms with Crippen molar-refractivity contribution in [2.75, 3.05) is 20.2 Å². The number of nitrogens with two attached hydrogens (primary N) is 1. The minimum absolute atomic E-state index is 0.301. The Morgan fingerprint density at radius 3 is 2.84 bits per heavy atom. The Bertz CT molecular complexity index is 461. The van der Waals surface area contributed by atoms with Gasteiger partial charge in [0.25, 0.3) is 0 Å². The van der Waals surface area contributed by atoms with Gasteiger partial charge in [0.15, 0.2) is 11.6 Å². The van der Waals surface area contributed by atoms with Crippen LogP contribution in [0.4, 0.5) is 4.39 Å². The standard InChI is InChI=1S/C15H21FN2O/c1-19-15-6-10(2-5-13(15)16)7-18-8-12(11-3-4-11)14(17)9-18/h2,5-6,11-12,14H,3-4,7-9,17H2,1H3/t12-,14+/m1/s1. The van der Waals surface area contributed by atoms with Gasteiger partial charge in [-0.15, -0.1) is 0 Å². The quantitative estimate of drug-likeness (QED) is 0.904. The number of halogens is 1. The molecule has 104 valence electrons. The fraction of sp³-hybridized carbons (Fsp3) is 0.600. The summed E-state index contributed by atoms with van der Waals surface area (Å²) >= 11 is 0. The summed E-state index contributed by atoms with van der Waals surface area (Å²) in [6.45, 7) is 2.85. The van der Waals surface area contributed by atoms with Crippen molar-refractivity contribution in [3.63, 3.8) is 0 Å². The lowest BCUT2D eigenvalue weighted by molar-refractivity contribution is 0.308. The Kier molecular flexibility index (Phi) is 3.46. The number of hydrogen-bond donors (Lipinski definition) is 1. The van der Waals surface area contributed by atoms with Gasteiger partial charge in [-0.1, -0.05) is 6.07 Å². The van der Waals surface area contributed by atoms with E-state index >= 15 is 0 Å². The zero-order valence-corrected chi connectivity index (χ0v) is 11.3. The fourth-order valence-corrected chi connectivity index (χ4v) is 3.15. The number of benzene rings is 1. The van der Waals surface area contributed by atoms with Crippen LogP contribution >= 0.6 is 0 Å². The van der Waals surface area contributed by atoms with E-state index in [1.807, 2.05) is 6.07 Å². The van der Waals surface area contributed by atoms with E-state index in [2.05, 4.69) is 4.90 Å². The van der Waals surface area contributed by atoms with Crippen LogP contribution in [0.15, 0.2) is 18.2 Å². The third kappa shape index (κ3) is 2.74. The molecule has 3 rings (SSSR count). The molecule has 1 aromatic rings. The first-order valence-corrected chi connectivity index (χ1v) is 6.97. The molecule has 1 saturated carbocycles. The van der Waals surface area contributed by atoms with Gasteiger partial charge in [-0.3, -0.25) is 4.90 Å². The van der Waals surface area contributed by atoms with Gasteiger partial charge in [0.2, 0.25) is 0 Å². The van der Waals surface area contributed by atoms with Crippen LogP contribution in [0.1, 0.15) is 18.4 Å². The maximum absolute atomic E-state index is 13.4. The Labute approximate surface area is 113 Å². The predicted octanol–water partition coefficient (Wildman–Crippen LogP) is 2.00. The number of ether oxygens (including phenoxy) is 1. The van der Waals surface area contributed by atoms with E-state index in [1.165, 1.54) is 26.0 Å². The summed E-state index contributed by atoms with van der Waals surface area (Å²) in [6, 6.07) is 5.39. The third-order valence-corrected chi connectivity index (χ3v) is 4.34. The van der Waals surface area contributed by atoms with E-state index in [0.29, 0.717) is 17.7 Å². The molecule has 1 aliphatic carbocycles. The zero-order chi connectivity index (χ0) is 13.4. The summed E-state index contributed by atoms with van der Waals surface area (Å²) in [5.41, 5.74) is 7.30. The Hall–Kier alpha value is -1.13. The van der Waals surface area contributed by atoms with Crippen LogP contribution < -0.4 is 10.5 Å². The second kappa shape index (κ2) is 5.10. The van der Waals surface area contributed by atoms with Gasteiger partial charge in [-0.05, 0) is 42.4 Å². The second-order valence-electron chi connectivity index (χ2n) is 5.83. The highest BCUT2D eigenvalue weighted by Crippen LogP contribution is 2.41. The van der Waals surface area contributed by atoms with Gasteiger partial charge in [0, 0.05) is 25.7 Å². The maximum atomic E-state index is 13.4. The average Bonchev–Trinajstić information content (AvgIpc) is 3.17. The number of methoxy groups -OCH3 is 1. The van der Waals surface area contributed by atoms with E-state index in [1.54, 1.807) is 6.07 Å². The predicted molar refractivity (Wildman–Crippen MR) is 72.4 cm³/mol. The van der Waals surface area contributed by atoms with Crippen molar-refractivity contribution in [3.8, 4) is 5.75 Å². The Morgan fingerprint density at radius 2 is 2.16 bits per heavy atom. The number of rotatable bonds is 4. The minimum atomic E-state index is -0.305. The van der Waals surface area contributed by atoms with Gasteiger partial charge in [-0.25, -0.2) is 4.39 Å². The number of hydrogen-bond acceptors (Lipinski definition) is 3. The summed E-state index contributed by atoms with van der Waals surface area (Å²) in [4.78, 5) is 2.38. The van der Waals surface area contributed by atoms with Gasteiger partial charge < -0.3 is 10.5 Å². The molecule has 1 heterocycles. The molecule has 2 N–H and O–H groups in total. The van der Waals surface area contributed by atoms with E-state index < -0.39 is 0 Å². The molecule has 2 aliphatic rings. The van der Waals surface area contributed by atoms with Crippen molar-refractivity contribution < 1.29 is 9.13 Å². The molecule has 2 atom stereocenters. The summed E-state index contributed by atoms with van der Waals surface area (Å²) in [6.07, 6.45) is 2.69. The normalized spacial score (nSPS) is 27.7. The number of nitrogens with zero attached hydrogens (tertiary/aromatic N) is 1. The van der Waals surface area contributed by atoms with Gasteiger partial charge >= 0.3 is 0 Å². The maximum Gasteiger partial charge on any atom is 0.165 e. The lowest BCUT2D eigenvalue weighted by atomic mass is 9.99. The summed E-state index contributed by atoms with van der Waals surface area (Å²) in [5.74, 6) is 1.52. The third-order valence-electron chi connectivity index (χ3n) is 4.34. The van der Waals surface area contributed by atoms with Crippen LogP contribution in [0, 0.1) is 17.7 Å². The fourth-order valence-electron chi connectivity index (χ4n) is 3.15. The zero-order valence-electron chi connectivity index (χ0n) is 11.3. The molecular weight excluding hydrogens is 243 g/mol. The Morgan fingerprint density at radius 1 is 1.37 bits per heavy atom. The molecule has 0 amide bonds. The molecule has 3 nitrogen and oxygen atoms in total. The second-order valence-corrected chi connectivity index (χ2v) is 5.83. The molecule has 0 bridgehead atoms. The monoisotopic (exact) mass is 264 g/mol. The number of likely N-dealkylation sites (tertiary alicyclic amines) is 1. The molecule has 4 heteroatoms. The lowest BCUT2D eigenvalue weighted by Gasteiger charge is -2.16. The van der Waals surface area contributed by atoms with Crippen LogP contribution in [-0.2, 0) is 6.54 Å². The highest BCUT2D eigenvalue weighted by molar-refractivity contribution is 5.30. The first-order valence-electron chi connectivity index (χ1n) is 6.97. The molecule has 0 radical (unpaired) electrons. The van der Waals surface area contributed by atoms with E-state index in [0.717, 1.165) is 31.1 Å². The van der Waals surface area contributed by atoms with Crippen LogP contribution in [0.3, 0.4) is 0 Å². The molecule has 2 fully saturated rings. The van der Waals surface area contributed by atoms with Crippen LogP contribution in [0.2, 0.25) is 0 Å². The highest BCUT2D eigenvalue weighted by atomic mass is 19.1. The molecular formula is C15H21FN2O. The SMILES string of the molecule is COc1cc(CN2C[C@H](C3CC3)[C@@H](N)C2)ccc1F. The summed E-state index contributed by atoms with van der Waals surface area (Å²) in [7, 11) is 1.50. The topological polar surface area (TPSA) is 38.5 Å². The van der Waals surface area contributed by atoms with Gasteiger partial charge in [0.1, 0.15) is 0 Å². The van der Waals surface area contributed by atoms with E-state index in [-0.39, 0.29) is 5.82 Å². The molecule has 1 aromatic carbocycles. The van der Waals surface area contributed by atoms with Crippen LogP contribution in [0.25, 0.3) is 0 Å². The molecule has 19 heavy (non-hydrogen) atoms. The Balaban J connectivity index is 1.65. The first-order chi connectivity index (χ1) is 9.17. The van der Waals surface area contributed by atoms with Crippen molar-refractivity contribution in [2.24, 2.45) is 17.6 Å². The molecule has 1 aliphatic heterocycles. The first kappa shape index (κ1) is 12.9. The van der Waals surface area contributed by atoms with Crippen molar-refractivity contribution in [3.05, 3.63) is 29.6 Å². The van der Waals surface area contributed by atoms with Gasteiger partial charge in [-0.2, -0.15) is 0 Å². The van der Waals surface area contributed by atoms with E-state index in [4.69, 9.17) is 10.5 Å². The van der Waals surface area contributed by atoms with Crippen molar-refractivity contribution in [1.29, 1.82) is 0 Å². The molecule has 1 saturated heterocycles. The molecule has 0 aromatic heterocycles.